The molecule has 0 heterocycles. The number of hydrogen-bond acceptors (Lipinski definition) is 2. The number of benzene rings is 1. The van der Waals surface area contributed by atoms with Gasteiger partial charge in [-0.05, 0) is 50.3 Å². The van der Waals surface area contributed by atoms with Crippen molar-refractivity contribution in [2.75, 3.05) is 6.61 Å². The van der Waals surface area contributed by atoms with Crippen molar-refractivity contribution in [1.82, 2.24) is 0 Å². The number of rotatable bonds is 8. The fraction of sp³-hybridized carbons (Fsp3) is 0.588. The van der Waals surface area contributed by atoms with Crippen molar-refractivity contribution in [2.24, 2.45) is 0 Å². The van der Waals surface area contributed by atoms with Crippen LogP contribution in [0.2, 0.25) is 0 Å². The molecule has 108 valence electrons. The van der Waals surface area contributed by atoms with Crippen LogP contribution in [0.1, 0.15) is 58.9 Å². The molecule has 0 aliphatic rings. The first-order valence-electron chi connectivity index (χ1n) is 7.43. The maximum absolute atomic E-state index is 10.8. The van der Waals surface area contributed by atoms with E-state index in [0.29, 0.717) is 6.42 Å². The molecule has 0 amide bonds. The van der Waals surface area contributed by atoms with Crippen LogP contribution in [0.5, 0.6) is 5.75 Å². The van der Waals surface area contributed by atoms with Gasteiger partial charge in [0.05, 0.1) is 6.61 Å². The summed E-state index contributed by atoms with van der Waals surface area (Å²) in [6, 6.07) is 8.25. The van der Waals surface area contributed by atoms with Crippen molar-refractivity contribution in [3.05, 3.63) is 29.8 Å². The smallest absolute Gasteiger partial charge is 0.129 e. The van der Waals surface area contributed by atoms with Gasteiger partial charge in [-0.15, -0.1) is 0 Å². The summed E-state index contributed by atoms with van der Waals surface area (Å²) < 4.78 is 5.59. The van der Waals surface area contributed by atoms with E-state index in [0.717, 1.165) is 38.0 Å². The number of Topliss-reactive ketones (excluding diaryl/α,β-unsaturated/α-hetero) is 1. The second-order valence-corrected chi connectivity index (χ2v) is 4.40. The number of unbranched alkanes of at least 4 members (excludes halogenated alkanes) is 1. The first-order valence-corrected chi connectivity index (χ1v) is 7.43. The fourth-order valence-electron chi connectivity index (χ4n) is 1.71. The molecule has 0 fully saturated rings. The normalized spacial score (nSPS) is 9.47. The Balaban J connectivity index is 0.00000154. The highest BCUT2D eigenvalue weighted by Gasteiger charge is 1.98. The molecule has 0 radical (unpaired) electrons. The van der Waals surface area contributed by atoms with Crippen molar-refractivity contribution in [1.29, 1.82) is 0 Å². The highest BCUT2D eigenvalue weighted by Crippen LogP contribution is 2.15. The van der Waals surface area contributed by atoms with Crippen LogP contribution in [0.4, 0.5) is 0 Å². The van der Waals surface area contributed by atoms with E-state index in [1.54, 1.807) is 6.92 Å². The lowest BCUT2D eigenvalue weighted by molar-refractivity contribution is -0.117. The molecule has 19 heavy (non-hydrogen) atoms. The van der Waals surface area contributed by atoms with Crippen molar-refractivity contribution < 1.29 is 9.53 Å². The third-order valence-electron chi connectivity index (χ3n) is 2.62. The quantitative estimate of drug-likeness (QED) is 0.630. The average Bonchev–Trinajstić information content (AvgIpc) is 2.44. The van der Waals surface area contributed by atoms with Gasteiger partial charge in [0, 0.05) is 6.42 Å². The summed E-state index contributed by atoms with van der Waals surface area (Å²) in [5, 5.41) is 0. The molecule has 1 aromatic rings. The van der Waals surface area contributed by atoms with Crippen LogP contribution in [-0.4, -0.2) is 12.4 Å². The Kier molecular flexibility index (Phi) is 11.0. The molecule has 2 nitrogen and oxygen atoms in total. The Morgan fingerprint density at radius 2 is 1.95 bits per heavy atom. The van der Waals surface area contributed by atoms with Gasteiger partial charge in [-0.2, -0.15) is 0 Å². The van der Waals surface area contributed by atoms with E-state index in [1.165, 1.54) is 5.56 Å². The molecule has 0 unspecified atom stereocenters. The van der Waals surface area contributed by atoms with Crippen molar-refractivity contribution >= 4 is 5.78 Å². The first kappa shape index (κ1) is 17.7. The van der Waals surface area contributed by atoms with Gasteiger partial charge in [-0.1, -0.05) is 32.9 Å². The number of hydrogen-bond donors (Lipinski definition) is 0. The maximum atomic E-state index is 10.8. The van der Waals surface area contributed by atoms with Crippen molar-refractivity contribution in [2.45, 2.75) is 59.8 Å². The molecular weight excluding hydrogens is 236 g/mol. The molecule has 0 aromatic heterocycles. The minimum atomic E-state index is 0.282. The first-order chi connectivity index (χ1) is 9.22. The molecule has 1 rings (SSSR count). The fourth-order valence-corrected chi connectivity index (χ4v) is 1.71. The largest absolute Gasteiger partial charge is 0.494 e. The monoisotopic (exact) mass is 264 g/mol. The summed E-state index contributed by atoms with van der Waals surface area (Å²) in [5.74, 6) is 1.24. The molecular formula is C17H28O2. The minimum Gasteiger partial charge on any atom is -0.494 e. The summed E-state index contributed by atoms with van der Waals surface area (Å²) in [4.78, 5) is 10.8. The summed E-state index contributed by atoms with van der Waals surface area (Å²) >= 11 is 0. The second kappa shape index (κ2) is 11.8. The van der Waals surface area contributed by atoms with E-state index in [1.807, 2.05) is 26.0 Å². The SMILES string of the molecule is CC.CCCOc1cccc(CCCCC(C)=O)c1. The standard InChI is InChI=1S/C15H22O2.C2H6/c1-3-11-17-15-10-6-9-14(12-15)8-5-4-7-13(2)16;1-2/h6,9-10,12H,3-5,7-8,11H2,1-2H3;1-2H3. The topological polar surface area (TPSA) is 26.3 Å². The number of ether oxygens (including phenoxy) is 1. The highest BCUT2D eigenvalue weighted by atomic mass is 16.5. The lowest BCUT2D eigenvalue weighted by atomic mass is 10.1. The van der Waals surface area contributed by atoms with Crippen molar-refractivity contribution in [3.63, 3.8) is 0 Å². The number of carbonyl (C=O) groups excluding carboxylic acids is 1. The summed E-state index contributed by atoms with van der Waals surface area (Å²) in [6.45, 7) is 8.53. The summed E-state index contributed by atoms with van der Waals surface area (Å²) in [5.41, 5.74) is 1.29. The lowest BCUT2D eigenvalue weighted by Crippen LogP contribution is -1.96. The molecule has 0 saturated carbocycles. The Hall–Kier alpha value is -1.31. The minimum absolute atomic E-state index is 0.282. The maximum Gasteiger partial charge on any atom is 0.129 e. The van der Waals surface area contributed by atoms with Crippen LogP contribution in [0.3, 0.4) is 0 Å². The number of aryl methyl sites for hydroxylation is 1. The molecule has 1 aromatic carbocycles. The van der Waals surface area contributed by atoms with E-state index in [9.17, 15) is 4.79 Å². The van der Waals surface area contributed by atoms with E-state index in [2.05, 4.69) is 19.1 Å². The Labute approximate surface area is 118 Å². The molecule has 0 aliphatic carbocycles. The van der Waals surface area contributed by atoms with E-state index in [-0.39, 0.29) is 5.78 Å². The molecule has 0 N–H and O–H groups in total. The Morgan fingerprint density at radius 1 is 1.21 bits per heavy atom. The zero-order chi connectivity index (χ0) is 14.5. The van der Waals surface area contributed by atoms with Crippen LogP contribution in [0.15, 0.2) is 24.3 Å². The third-order valence-corrected chi connectivity index (χ3v) is 2.62. The molecule has 0 bridgehead atoms. The molecule has 0 spiro atoms. The predicted molar refractivity (Wildman–Crippen MR) is 81.8 cm³/mol. The summed E-state index contributed by atoms with van der Waals surface area (Å²) in [6.07, 6.45) is 4.80. The zero-order valence-corrected chi connectivity index (χ0v) is 12.9. The van der Waals surface area contributed by atoms with Gasteiger partial charge < -0.3 is 9.53 Å². The zero-order valence-electron chi connectivity index (χ0n) is 12.9. The average molecular weight is 264 g/mol. The van der Waals surface area contributed by atoms with Gasteiger partial charge in [0.25, 0.3) is 0 Å². The van der Waals surface area contributed by atoms with Crippen LogP contribution in [-0.2, 0) is 11.2 Å². The van der Waals surface area contributed by atoms with Gasteiger partial charge in [0.2, 0.25) is 0 Å². The Bertz CT molecular complexity index is 345. The van der Waals surface area contributed by atoms with Gasteiger partial charge >= 0.3 is 0 Å². The molecule has 0 saturated heterocycles. The van der Waals surface area contributed by atoms with Gasteiger partial charge in [0.1, 0.15) is 11.5 Å². The van der Waals surface area contributed by atoms with Crippen LogP contribution in [0.25, 0.3) is 0 Å². The molecule has 2 heteroatoms. The summed E-state index contributed by atoms with van der Waals surface area (Å²) in [7, 11) is 0. The highest BCUT2D eigenvalue weighted by molar-refractivity contribution is 5.75. The van der Waals surface area contributed by atoms with E-state index in [4.69, 9.17) is 4.74 Å². The van der Waals surface area contributed by atoms with Gasteiger partial charge in [-0.3, -0.25) is 0 Å². The third kappa shape index (κ3) is 9.29. The van der Waals surface area contributed by atoms with Gasteiger partial charge in [-0.25, -0.2) is 0 Å². The van der Waals surface area contributed by atoms with Gasteiger partial charge in [0.15, 0.2) is 0 Å². The number of carbonyl (C=O) groups is 1. The van der Waals surface area contributed by atoms with Crippen LogP contribution in [0, 0.1) is 0 Å². The second-order valence-electron chi connectivity index (χ2n) is 4.40. The lowest BCUT2D eigenvalue weighted by Gasteiger charge is -2.06. The van der Waals surface area contributed by atoms with E-state index < -0.39 is 0 Å². The Morgan fingerprint density at radius 3 is 2.58 bits per heavy atom. The molecule has 0 atom stereocenters. The number of ketones is 1. The van der Waals surface area contributed by atoms with Crippen LogP contribution < -0.4 is 4.74 Å². The predicted octanol–water partition coefficient (Wildman–Crippen LogP) is 4.80. The van der Waals surface area contributed by atoms with E-state index >= 15 is 0 Å². The van der Waals surface area contributed by atoms with Crippen molar-refractivity contribution in [3.8, 4) is 5.75 Å². The van der Waals surface area contributed by atoms with Crippen LogP contribution >= 0.6 is 0 Å². The molecule has 0 aliphatic heterocycles.